The van der Waals surface area contributed by atoms with Crippen molar-refractivity contribution in [1.82, 2.24) is 9.61 Å². The van der Waals surface area contributed by atoms with E-state index in [0.29, 0.717) is 0 Å². The Bertz CT molecular complexity index is 3530. The first-order valence-electron chi connectivity index (χ1n) is 21.6. The van der Waals surface area contributed by atoms with Crippen LogP contribution in [0.4, 0.5) is 0 Å². The molecule has 9 aromatic carbocycles. The molecule has 0 radical (unpaired) electrons. The predicted molar refractivity (Wildman–Crippen MR) is 257 cm³/mol. The van der Waals surface area contributed by atoms with Gasteiger partial charge in [0.05, 0.1) is 16.6 Å². The number of pyridine rings is 1. The van der Waals surface area contributed by atoms with Crippen LogP contribution < -0.4 is 4.74 Å². The molecule has 3 nitrogen and oxygen atoms in total. The van der Waals surface area contributed by atoms with Crippen LogP contribution in [0.3, 0.4) is 0 Å². The average molecular weight is 803 g/mol. The van der Waals surface area contributed by atoms with E-state index >= 15 is 0 Å². The van der Waals surface area contributed by atoms with E-state index in [-0.39, 0.29) is 0 Å². The van der Waals surface area contributed by atoms with Gasteiger partial charge >= 0.3 is 0 Å². The predicted octanol–water partition coefficient (Wildman–Crippen LogP) is 15.3. The van der Waals surface area contributed by atoms with Gasteiger partial charge in [0.25, 0.3) is 0 Å². The summed E-state index contributed by atoms with van der Waals surface area (Å²) < 4.78 is 8.82. The Balaban J connectivity index is 1.03. The van der Waals surface area contributed by atoms with Crippen LogP contribution >= 0.6 is 0 Å². The number of nitrogens with zero attached hydrogens (tertiary/aromatic N) is 2. The van der Waals surface area contributed by atoms with Crippen molar-refractivity contribution < 1.29 is 4.74 Å². The molecule has 0 N–H and O–H groups in total. The molecular formula is C60H38N2O. The van der Waals surface area contributed by atoms with Crippen LogP contribution in [0.2, 0.25) is 0 Å². The zero-order valence-electron chi connectivity index (χ0n) is 34.2. The third-order valence-electron chi connectivity index (χ3n) is 13.3. The monoisotopic (exact) mass is 802 g/mol. The molecule has 3 heteroatoms. The summed E-state index contributed by atoms with van der Waals surface area (Å²) in [6.07, 6.45) is 0. The largest absolute Gasteiger partial charge is 0.457 e. The third kappa shape index (κ3) is 5.17. The van der Waals surface area contributed by atoms with E-state index in [1.165, 1.54) is 44.3 Å². The normalized spacial score (nSPS) is 13.0. The summed E-state index contributed by atoms with van der Waals surface area (Å²) in [4.78, 5) is 0. The number of fused-ring (bicyclic) bond motifs is 12. The number of rotatable bonds is 5. The Morgan fingerprint density at radius 3 is 1.52 bits per heavy atom. The van der Waals surface area contributed by atoms with Crippen LogP contribution in [-0.2, 0) is 5.41 Å². The number of hydrogen-bond acceptors (Lipinski definition) is 2. The zero-order valence-corrected chi connectivity index (χ0v) is 34.2. The van der Waals surface area contributed by atoms with Gasteiger partial charge in [-0.2, -0.15) is 5.10 Å². The maximum absolute atomic E-state index is 6.61. The highest BCUT2D eigenvalue weighted by atomic mass is 16.5. The van der Waals surface area contributed by atoms with Crippen LogP contribution in [-0.4, -0.2) is 9.61 Å². The molecule has 0 amide bonds. The van der Waals surface area contributed by atoms with Crippen molar-refractivity contribution in [1.29, 1.82) is 0 Å². The van der Waals surface area contributed by atoms with Gasteiger partial charge in [-0.25, -0.2) is 4.52 Å². The fraction of sp³-hybridized carbons (Fsp3) is 0.0167. The Kier molecular flexibility index (Phi) is 7.82. The van der Waals surface area contributed by atoms with E-state index in [0.717, 1.165) is 72.7 Å². The van der Waals surface area contributed by atoms with Crippen molar-refractivity contribution in [2.75, 3.05) is 0 Å². The minimum absolute atomic E-state index is 0.521. The summed E-state index contributed by atoms with van der Waals surface area (Å²) in [6, 6.07) is 83.1. The van der Waals surface area contributed by atoms with Crippen LogP contribution in [0.5, 0.6) is 11.5 Å². The zero-order chi connectivity index (χ0) is 41.5. The van der Waals surface area contributed by atoms with Crippen molar-refractivity contribution >= 4 is 16.3 Å². The summed E-state index contributed by atoms with van der Waals surface area (Å²) in [5, 5.41) is 7.91. The van der Waals surface area contributed by atoms with E-state index in [1.54, 1.807) is 0 Å². The first kappa shape index (κ1) is 35.5. The average Bonchev–Trinajstić information content (AvgIpc) is 3.90. The van der Waals surface area contributed by atoms with E-state index in [4.69, 9.17) is 9.84 Å². The Hall–Kier alpha value is -8.27. The fourth-order valence-electron chi connectivity index (χ4n) is 10.7. The van der Waals surface area contributed by atoms with Crippen molar-refractivity contribution in [3.05, 3.63) is 253 Å². The number of hydrogen-bond donors (Lipinski definition) is 0. The quantitative estimate of drug-likeness (QED) is 0.173. The van der Waals surface area contributed by atoms with Crippen LogP contribution in [0.1, 0.15) is 22.3 Å². The Labute approximate surface area is 365 Å². The Morgan fingerprint density at radius 2 is 0.841 bits per heavy atom. The second-order valence-corrected chi connectivity index (χ2v) is 16.6. The summed E-state index contributed by atoms with van der Waals surface area (Å²) in [5.41, 5.74) is 19.1. The molecule has 1 aliphatic heterocycles. The number of para-hydroxylation sites is 2. The molecule has 294 valence electrons. The van der Waals surface area contributed by atoms with Gasteiger partial charge in [0, 0.05) is 38.8 Å². The van der Waals surface area contributed by atoms with Crippen molar-refractivity contribution in [3.8, 4) is 78.5 Å². The summed E-state index contributed by atoms with van der Waals surface area (Å²) >= 11 is 0. The maximum atomic E-state index is 6.61. The van der Waals surface area contributed by atoms with Crippen molar-refractivity contribution in [3.63, 3.8) is 0 Å². The van der Waals surface area contributed by atoms with Crippen LogP contribution in [0.15, 0.2) is 231 Å². The number of benzene rings is 9. The number of ether oxygens (including phenoxy) is 1. The SMILES string of the molecule is c1ccc(-c2nn3c(-c4ccccc4)c(-c4ccc(-c5ccc6c(c5)C5(c7ccccc7Oc7ccccc75)c5ccccc5-6)cc4)c4ccccc4c3c2-c2ccccc2)cc1. The molecule has 0 atom stereocenters. The summed E-state index contributed by atoms with van der Waals surface area (Å²) in [5.74, 6) is 1.80. The van der Waals surface area contributed by atoms with E-state index < -0.39 is 5.41 Å². The molecular weight excluding hydrogens is 765 g/mol. The molecule has 13 rings (SSSR count). The highest BCUT2D eigenvalue weighted by Gasteiger charge is 2.51. The molecule has 3 heterocycles. The van der Waals surface area contributed by atoms with E-state index in [9.17, 15) is 0 Å². The molecule has 63 heavy (non-hydrogen) atoms. The standard InChI is InChI=1S/C60H38N2O/c1-4-18-40(19-5-1)56-57(42-20-6-2-7-21-42)61-62-58(43-22-8-3-9-23-43)55(47-25-10-11-26-48(47)59(56)62)41-34-32-39(33-35-41)44-36-37-46-45-24-12-13-27-49(45)60(52(46)38-44)50-28-14-16-30-53(50)63-54-31-17-15-29-51(54)60/h1-38H. The molecule has 2 aliphatic rings. The lowest BCUT2D eigenvalue weighted by Gasteiger charge is -2.39. The van der Waals surface area contributed by atoms with Gasteiger partial charge in [0.15, 0.2) is 0 Å². The first-order valence-corrected chi connectivity index (χ1v) is 21.6. The topological polar surface area (TPSA) is 26.5 Å². The molecule has 2 aromatic heterocycles. The molecule has 11 aromatic rings. The van der Waals surface area contributed by atoms with Gasteiger partial charge in [-0.05, 0) is 68.1 Å². The van der Waals surface area contributed by atoms with Crippen LogP contribution in [0, 0.1) is 0 Å². The van der Waals surface area contributed by atoms with Gasteiger partial charge in [-0.3, -0.25) is 0 Å². The van der Waals surface area contributed by atoms with Gasteiger partial charge in [0.1, 0.15) is 17.2 Å². The van der Waals surface area contributed by atoms with E-state index in [1.807, 2.05) is 0 Å². The molecule has 0 fully saturated rings. The summed E-state index contributed by atoms with van der Waals surface area (Å²) in [7, 11) is 0. The van der Waals surface area contributed by atoms with Gasteiger partial charge < -0.3 is 4.74 Å². The molecule has 1 spiro atoms. The fourth-order valence-corrected chi connectivity index (χ4v) is 10.7. The lowest BCUT2D eigenvalue weighted by molar-refractivity contribution is 0.436. The van der Waals surface area contributed by atoms with Gasteiger partial charge in [-0.1, -0.05) is 212 Å². The lowest BCUT2D eigenvalue weighted by Crippen LogP contribution is -2.32. The maximum Gasteiger partial charge on any atom is 0.132 e. The van der Waals surface area contributed by atoms with Crippen LogP contribution in [0.25, 0.3) is 83.3 Å². The lowest BCUT2D eigenvalue weighted by atomic mass is 9.66. The highest BCUT2D eigenvalue weighted by molar-refractivity contribution is 6.15. The Morgan fingerprint density at radius 1 is 0.349 bits per heavy atom. The summed E-state index contributed by atoms with van der Waals surface area (Å²) in [6.45, 7) is 0. The smallest absolute Gasteiger partial charge is 0.132 e. The second kappa shape index (κ2) is 13.9. The van der Waals surface area contributed by atoms with Gasteiger partial charge in [-0.15, -0.1) is 0 Å². The molecule has 0 bridgehead atoms. The third-order valence-corrected chi connectivity index (χ3v) is 13.3. The van der Waals surface area contributed by atoms with E-state index in [2.05, 4.69) is 235 Å². The molecule has 1 aliphatic carbocycles. The molecule has 0 saturated heterocycles. The minimum atomic E-state index is -0.521. The van der Waals surface area contributed by atoms with Crippen molar-refractivity contribution in [2.45, 2.75) is 5.41 Å². The molecule has 0 unspecified atom stereocenters. The highest BCUT2D eigenvalue weighted by Crippen LogP contribution is 2.62. The number of aromatic nitrogens is 2. The van der Waals surface area contributed by atoms with Gasteiger partial charge in [0.2, 0.25) is 0 Å². The minimum Gasteiger partial charge on any atom is -0.457 e. The first-order chi connectivity index (χ1) is 31.3. The van der Waals surface area contributed by atoms with Crippen molar-refractivity contribution in [2.24, 2.45) is 0 Å². The molecule has 0 saturated carbocycles. The second-order valence-electron chi connectivity index (χ2n) is 16.6.